The highest BCUT2D eigenvalue weighted by atomic mass is 32.1. The minimum absolute atomic E-state index is 0.230. The predicted octanol–water partition coefficient (Wildman–Crippen LogP) is 14.0. The molecule has 0 amide bonds. The number of allylic oxidation sites excluding steroid dienone is 7. The van der Waals surface area contributed by atoms with Crippen molar-refractivity contribution in [3.63, 3.8) is 0 Å². The minimum atomic E-state index is -0.435. The molecule has 3 aliphatic rings. The third kappa shape index (κ3) is 4.92. The number of rotatable bonds is 6. The zero-order valence-electron chi connectivity index (χ0n) is 30.2. The Hall–Kier alpha value is -6.48. The molecule has 0 radical (unpaired) electrons. The van der Waals surface area contributed by atoms with Crippen molar-refractivity contribution in [3.05, 3.63) is 240 Å². The van der Waals surface area contributed by atoms with E-state index in [4.69, 9.17) is 0 Å². The highest BCUT2D eigenvalue weighted by Gasteiger charge is 2.45. The second-order valence-electron chi connectivity index (χ2n) is 14.8. The van der Waals surface area contributed by atoms with Gasteiger partial charge in [0.05, 0.1) is 5.41 Å². The number of anilines is 2. The number of benzene rings is 7. The molecule has 11 rings (SSSR count). The lowest BCUT2D eigenvalue weighted by Crippen LogP contribution is -2.29. The van der Waals surface area contributed by atoms with Gasteiger partial charge < -0.3 is 4.90 Å². The number of nitrogens with zero attached hydrogens (tertiary/aromatic N) is 1. The molecule has 1 heterocycles. The van der Waals surface area contributed by atoms with Gasteiger partial charge in [-0.15, -0.1) is 11.3 Å². The Morgan fingerprint density at radius 1 is 0.473 bits per heavy atom. The molecule has 0 saturated heterocycles. The number of hydrogen-bond acceptors (Lipinski definition) is 2. The maximum atomic E-state index is 2.49. The Balaban J connectivity index is 1.09. The van der Waals surface area contributed by atoms with Gasteiger partial charge in [-0.1, -0.05) is 176 Å². The molecule has 0 fully saturated rings. The fourth-order valence-corrected chi connectivity index (χ4v) is 10.8. The van der Waals surface area contributed by atoms with E-state index in [-0.39, 0.29) is 5.92 Å². The van der Waals surface area contributed by atoms with Gasteiger partial charge in [0.15, 0.2) is 0 Å². The molecular weight excluding hydrogens is 683 g/mol. The molecule has 7 aromatic carbocycles. The van der Waals surface area contributed by atoms with Crippen molar-refractivity contribution in [2.24, 2.45) is 11.8 Å². The second kappa shape index (κ2) is 12.8. The van der Waals surface area contributed by atoms with E-state index in [1.54, 1.807) is 0 Å². The van der Waals surface area contributed by atoms with Gasteiger partial charge in [-0.05, 0) is 80.9 Å². The zero-order valence-corrected chi connectivity index (χ0v) is 31.0. The molecule has 3 aliphatic carbocycles. The molecule has 0 bridgehead atoms. The van der Waals surface area contributed by atoms with E-state index >= 15 is 0 Å². The minimum Gasteiger partial charge on any atom is -0.314 e. The van der Waals surface area contributed by atoms with E-state index in [0.717, 1.165) is 11.4 Å². The Morgan fingerprint density at radius 2 is 1.11 bits per heavy atom. The third-order valence-electron chi connectivity index (χ3n) is 11.9. The van der Waals surface area contributed by atoms with Gasteiger partial charge in [0.2, 0.25) is 0 Å². The first kappa shape index (κ1) is 32.0. The van der Waals surface area contributed by atoms with Crippen molar-refractivity contribution in [3.8, 4) is 22.3 Å². The Bertz CT molecular complexity index is 2840. The van der Waals surface area contributed by atoms with Crippen molar-refractivity contribution in [1.82, 2.24) is 0 Å². The van der Waals surface area contributed by atoms with Gasteiger partial charge in [0.1, 0.15) is 0 Å². The summed E-state index contributed by atoms with van der Waals surface area (Å²) in [5.41, 5.74) is 13.4. The summed E-state index contributed by atoms with van der Waals surface area (Å²) in [5, 5.41) is 2.64. The monoisotopic (exact) mass is 719 g/mol. The summed E-state index contributed by atoms with van der Waals surface area (Å²) in [6.45, 7) is 0. The molecule has 0 spiro atoms. The molecule has 1 aromatic heterocycles. The van der Waals surface area contributed by atoms with E-state index < -0.39 is 5.41 Å². The van der Waals surface area contributed by atoms with Crippen LogP contribution in [0.4, 0.5) is 11.4 Å². The Labute approximate surface area is 326 Å². The summed E-state index contributed by atoms with van der Waals surface area (Å²) in [4.78, 5) is 2.49. The van der Waals surface area contributed by atoms with Crippen LogP contribution in [0, 0.1) is 11.8 Å². The van der Waals surface area contributed by atoms with Gasteiger partial charge in [0, 0.05) is 49.1 Å². The van der Waals surface area contributed by atoms with Gasteiger partial charge in [-0.2, -0.15) is 0 Å². The average molecular weight is 720 g/mol. The lowest BCUT2D eigenvalue weighted by molar-refractivity contribution is 0.612. The Morgan fingerprint density at radius 3 is 1.93 bits per heavy atom. The van der Waals surface area contributed by atoms with Crippen LogP contribution in [-0.2, 0) is 5.41 Å². The highest BCUT2D eigenvalue weighted by molar-refractivity contribution is 7.26. The normalized spacial score (nSPS) is 17.5. The summed E-state index contributed by atoms with van der Waals surface area (Å²) in [5.74, 6) is 0.545. The summed E-state index contributed by atoms with van der Waals surface area (Å²) >= 11 is 1.89. The van der Waals surface area contributed by atoms with Crippen LogP contribution < -0.4 is 4.90 Å². The molecule has 260 valence electrons. The third-order valence-corrected chi connectivity index (χ3v) is 13.1. The first-order valence-corrected chi connectivity index (χ1v) is 20.0. The predicted molar refractivity (Wildman–Crippen MR) is 233 cm³/mol. The van der Waals surface area contributed by atoms with Crippen LogP contribution in [0.1, 0.15) is 22.3 Å². The largest absolute Gasteiger partial charge is 0.314 e. The van der Waals surface area contributed by atoms with Gasteiger partial charge in [0.25, 0.3) is 0 Å². The van der Waals surface area contributed by atoms with E-state index in [0.29, 0.717) is 5.92 Å². The smallest absolute Gasteiger partial charge is 0.0713 e. The first-order valence-electron chi connectivity index (χ1n) is 19.2. The van der Waals surface area contributed by atoms with E-state index in [1.807, 2.05) is 11.3 Å². The van der Waals surface area contributed by atoms with E-state index in [9.17, 15) is 0 Å². The highest BCUT2D eigenvalue weighted by Crippen LogP contribution is 2.56. The zero-order chi connectivity index (χ0) is 36.3. The lowest BCUT2D eigenvalue weighted by atomic mass is 9.67. The van der Waals surface area contributed by atoms with E-state index in [2.05, 4.69) is 217 Å². The summed E-state index contributed by atoms with van der Waals surface area (Å²) in [7, 11) is 0. The molecule has 0 N–H and O–H groups in total. The molecule has 55 heavy (non-hydrogen) atoms. The average Bonchev–Trinajstić information content (AvgIpc) is 3.79. The topological polar surface area (TPSA) is 3.24 Å². The van der Waals surface area contributed by atoms with E-state index in [1.165, 1.54) is 70.4 Å². The van der Waals surface area contributed by atoms with Crippen molar-refractivity contribution in [1.29, 1.82) is 0 Å². The maximum Gasteiger partial charge on any atom is 0.0713 e. The van der Waals surface area contributed by atoms with Gasteiger partial charge in [-0.25, -0.2) is 0 Å². The summed E-state index contributed by atoms with van der Waals surface area (Å²) in [6, 6.07) is 63.1. The molecule has 1 nitrogen and oxygen atoms in total. The van der Waals surface area contributed by atoms with Crippen LogP contribution >= 0.6 is 11.3 Å². The van der Waals surface area contributed by atoms with Crippen LogP contribution in [0.15, 0.2) is 218 Å². The quantitative estimate of drug-likeness (QED) is 0.165. The van der Waals surface area contributed by atoms with Crippen molar-refractivity contribution in [2.45, 2.75) is 5.41 Å². The molecule has 2 unspecified atom stereocenters. The fourth-order valence-electron chi connectivity index (χ4n) is 9.53. The molecule has 0 saturated carbocycles. The number of fused-ring (bicyclic) bond motifs is 7. The molecule has 0 aliphatic heterocycles. The molecule has 2 heteroatoms. The maximum absolute atomic E-state index is 2.49. The number of hydrogen-bond donors (Lipinski definition) is 0. The SMILES string of the molecule is C1=CC2C=CC=C(N(c3ccc(C4(c5ccccc5)c5ccccc5-c5ccccc54)cc3)c3cccc(-c4cccc5c4sc4ccccc45)c3)C2C=C1. The Kier molecular flexibility index (Phi) is 7.46. The van der Waals surface area contributed by atoms with Gasteiger partial charge >= 0.3 is 0 Å². The van der Waals surface area contributed by atoms with Crippen LogP contribution in [0.3, 0.4) is 0 Å². The summed E-state index contributed by atoms with van der Waals surface area (Å²) < 4.78 is 2.66. The second-order valence-corrected chi connectivity index (χ2v) is 15.8. The van der Waals surface area contributed by atoms with Crippen molar-refractivity contribution in [2.75, 3.05) is 4.90 Å². The number of thiophene rings is 1. The molecular formula is C53H37NS. The van der Waals surface area contributed by atoms with Crippen LogP contribution in [0.25, 0.3) is 42.4 Å². The van der Waals surface area contributed by atoms with Crippen LogP contribution in [0.2, 0.25) is 0 Å². The first-order chi connectivity index (χ1) is 27.3. The molecule has 8 aromatic rings. The van der Waals surface area contributed by atoms with Crippen molar-refractivity contribution >= 4 is 42.9 Å². The molecule has 2 atom stereocenters. The van der Waals surface area contributed by atoms with Crippen LogP contribution in [-0.4, -0.2) is 0 Å². The summed E-state index contributed by atoms with van der Waals surface area (Å²) in [6.07, 6.45) is 15.9. The lowest BCUT2D eigenvalue weighted by Gasteiger charge is -2.37. The fraction of sp³-hybridized carbons (Fsp3) is 0.0566. The van der Waals surface area contributed by atoms with Crippen molar-refractivity contribution < 1.29 is 0 Å². The standard InChI is InChI=1S/C53H37NS/c1-2-18-38(19-3-1)53(48-27-9-6-22-44(48)45-23-7-10-28-49(45)53)39-31-33-40(34-32-39)54(50-29-13-16-36-15-4-5-21-42(36)50)41-20-12-17-37(35-41)43-25-14-26-47-46-24-8-11-30-51(46)55-52(43)47/h1-36,42H. The van der Waals surface area contributed by atoms with Gasteiger partial charge in [-0.3, -0.25) is 0 Å². The van der Waals surface area contributed by atoms with Crippen LogP contribution in [0.5, 0.6) is 0 Å².